The molecule has 8 heteroatoms. The van der Waals surface area contributed by atoms with Crippen LogP contribution in [0.1, 0.15) is 37.7 Å². The maximum absolute atomic E-state index is 12.0. The summed E-state index contributed by atoms with van der Waals surface area (Å²) in [7, 11) is 1.87. The van der Waals surface area contributed by atoms with E-state index in [1.54, 1.807) is 0 Å². The average Bonchev–Trinajstić information content (AvgIpc) is 3.02. The molecule has 0 bridgehead atoms. The number of aryl methyl sites for hydroxylation is 1. The highest BCUT2D eigenvalue weighted by molar-refractivity contribution is 7.99. The number of rotatable bonds is 5. The van der Waals surface area contributed by atoms with Crippen LogP contribution in [0.5, 0.6) is 0 Å². The van der Waals surface area contributed by atoms with E-state index < -0.39 is 6.03 Å². The smallest absolute Gasteiger partial charge is 0.321 e. The van der Waals surface area contributed by atoms with Crippen LogP contribution in [0.4, 0.5) is 4.79 Å². The number of urea groups is 1. The van der Waals surface area contributed by atoms with Crippen LogP contribution in [0.15, 0.2) is 29.4 Å². The molecule has 144 valence electrons. The number of nitrogens with one attached hydrogen (secondary N) is 2. The third-order valence-electron chi connectivity index (χ3n) is 4.67. The van der Waals surface area contributed by atoms with E-state index in [4.69, 9.17) is 0 Å². The van der Waals surface area contributed by atoms with Crippen LogP contribution in [0.2, 0.25) is 0 Å². The Balaban J connectivity index is 1.50. The predicted octanol–water partition coefficient (Wildman–Crippen LogP) is 3.04. The van der Waals surface area contributed by atoms with Crippen LogP contribution in [-0.4, -0.2) is 38.5 Å². The second-order valence-electron chi connectivity index (χ2n) is 6.88. The van der Waals surface area contributed by atoms with Crippen molar-refractivity contribution in [2.45, 2.75) is 50.2 Å². The largest absolute Gasteiger partial charge is 0.335 e. The molecule has 3 rings (SSSR count). The first-order chi connectivity index (χ1) is 13.0. The van der Waals surface area contributed by atoms with Gasteiger partial charge in [0.25, 0.3) is 0 Å². The maximum Gasteiger partial charge on any atom is 0.321 e. The Kier molecular flexibility index (Phi) is 6.49. The normalized spacial score (nSPS) is 14.7. The van der Waals surface area contributed by atoms with Gasteiger partial charge in [0.2, 0.25) is 5.91 Å². The number of benzene rings is 1. The molecule has 27 heavy (non-hydrogen) atoms. The van der Waals surface area contributed by atoms with Gasteiger partial charge >= 0.3 is 6.03 Å². The van der Waals surface area contributed by atoms with Crippen LogP contribution in [0, 0.1) is 6.92 Å². The fourth-order valence-corrected chi connectivity index (χ4v) is 3.87. The van der Waals surface area contributed by atoms with Gasteiger partial charge in [-0.25, -0.2) is 4.79 Å². The number of carbonyl (C=O) groups is 2. The summed E-state index contributed by atoms with van der Waals surface area (Å²) in [5, 5.41) is 14.3. The minimum absolute atomic E-state index is 0.109. The number of hydrogen-bond donors (Lipinski definition) is 2. The molecule has 2 aromatic rings. The number of nitrogens with zero attached hydrogens (tertiary/aromatic N) is 3. The first-order valence-corrected chi connectivity index (χ1v) is 10.2. The van der Waals surface area contributed by atoms with E-state index in [1.807, 2.05) is 42.8 Å². The van der Waals surface area contributed by atoms with Crippen molar-refractivity contribution in [2.75, 3.05) is 5.75 Å². The molecule has 1 aliphatic rings. The van der Waals surface area contributed by atoms with Crippen molar-refractivity contribution < 1.29 is 9.59 Å². The monoisotopic (exact) mass is 387 g/mol. The molecule has 1 aromatic carbocycles. The SMILES string of the molecule is Cc1ccc(-c2nnc(SCC(=O)NC(=O)NC3CCCCC3)n2C)cc1. The molecule has 2 N–H and O–H groups in total. The van der Waals surface area contributed by atoms with Gasteiger partial charge < -0.3 is 9.88 Å². The van der Waals surface area contributed by atoms with Gasteiger partial charge in [0.1, 0.15) is 0 Å². The van der Waals surface area contributed by atoms with E-state index in [-0.39, 0.29) is 17.7 Å². The minimum atomic E-state index is -0.411. The van der Waals surface area contributed by atoms with Crippen molar-refractivity contribution >= 4 is 23.7 Å². The van der Waals surface area contributed by atoms with Crippen LogP contribution in [0.3, 0.4) is 0 Å². The average molecular weight is 388 g/mol. The van der Waals surface area contributed by atoms with E-state index in [0.717, 1.165) is 37.1 Å². The van der Waals surface area contributed by atoms with Crippen molar-refractivity contribution in [3.63, 3.8) is 0 Å². The molecule has 1 aliphatic carbocycles. The number of hydrogen-bond acceptors (Lipinski definition) is 5. The van der Waals surface area contributed by atoms with Crippen molar-refractivity contribution in [1.82, 2.24) is 25.4 Å². The van der Waals surface area contributed by atoms with Gasteiger partial charge in [0.05, 0.1) is 5.75 Å². The molecule has 1 saturated carbocycles. The van der Waals surface area contributed by atoms with Crippen LogP contribution >= 0.6 is 11.8 Å². The zero-order valence-corrected chi connectivity index (χ0v) is 16.5. The molecule has 1 aromatic heterocycles. The fourth-order valence-electron chi connectivity index (χ4n) is 3.16. The van der Waals surface area contributed by atoms with E-state index in [9.17, 15) is 9.59 Å². The Hall–Kier alpha value is -2.35. The number of aromatic nitrogens is 3. The molecule has 0 atom stereocenters. The molecule has 1 heterocycles. The molecule has 0 radical (unpaired) electrons. The Labute approximate surface area is 163 Å². The number of carbonyl (C=O) groups excluding carboxylic acids is 2. The molecule has 3 amide bonds. The predicted molar refractivity (Wildman–Crippen MR) is 105 cm³/mol. The summed E-state index contributed by atoms with van der Waals surface area (Å²) in [5.74, 6) is 0.513. The standard InChI is InChI=1S/C19H25N5O2S/c1-13-8-10-14(11-9-13)17-22-23-19(24(17)2)27-12-16(25)21-18(26)20-15-6-4-3-5-7-15/h8-11,15H,3-7,12H2,1-2H3,(H2,20,21,25,26). The lowest BCUT2D eigenvalue weighted by atomic mass is 9.96. The lowest BCUT2D eigenvalue weighted by Gasteiger charge is -2.22. The van der Waals surface area contributed by atoms with Gasteiger partial charge in [-0.3, -0.25) is 10.1 Å². The zero-order valence-electron chi connectivity index (χ0n) is 15.7. The van der Waals surface area contributed by atoms with Gasteiger partial charge in [-0.05, 0) is 19.8 Å². The summed E-state index contributed by atoms with van der Waals surface area (Å²) in [6.07, 6.45) is 5.44. The highest BCUT2D eigenvalue weighted by Crippen LogP contribution is 2.22. The fraction of sp³-hybridized carbons (Fsp3) is 0.474. The first kappa shape index (κ1) is 19.4. The summed E-state index contributed by atoms with van der Waals surface area (Å²) >= 11 is 1.26. The molecular formula is C19H25N5O2S. The number of imide groups is 1. The molecule has 0 saturated heterocycles. The van der Waals surface area contributed by atoms with Crippen molar-refractivity contribution in [2.24, 2.45) is 7.05 Å². The Morgan fingerprint density at radius 1 is 1.15 bits per heavy atom. The highest BCUT2D eigenvalue weighted by Gasteiger charge is 2.18. The molecule has 0 unspecified atom stereocenters. The van der Waals surface area contributed by atoms with Crippen LogP contribution in [-0.2, 0) is 11.8 Å². The van der Waals surface area contributed by atoms with E-state index >= 15 is 0 Å². The van der Waals surface area contributed by atoms with Crippen LogP contribution in [0.25, 0.3) is 11.4 Å². The summed E-state index contributed by atoms with van der Waals surface area (Å²) < 4.78 is 1.85. The van der Waals surface area contributed by atoms with Gasteiger partial charge in [-0.1, -0.05) is 60.9 Å². The third-order valence-corrected chi connectivity index (χ3v) is 5.69. The van der Waals surface area contributed by atoms with Gasteiger partial charge in [-0.2, -0.15) is 0 Å². The number of thioether (sulfide) groups is 1. The molecule has 7 nitrogen and oxygen atoms in total. The van der Waals surface area contributed by atoms with E-state index in [0.29, 0.717) is 5.16 Å². The zero-order chi connectivity index (χ0) is 19.2. The minimum Gasteiger partial charge on any atom is -0.335 e. The topological polar surface area (TPSA) is 88.9 Å². The van der Waals surface area contributed by atoms with Crippen molar-refractivity contribution in [3.8, 4) is 11.4 Å². The Morgan fingerprint density at radius 3 is 2.56 bits per heavy atom. The van der Waals surface area contributed by atoms with Crippen LogP contribution < -0.4 is 10.6 Å². The first-order valence-electron chi connectivity index (χ1n) is 9.22. The van der Waals surface area contributed by atoms with Crippen molar-refractivity contribution in [1.29, 1.82) is 0 Å². The van der Waals surface area contributed by atoms with Crippen molar-refractivity contribution in [3.05, 3.63) is 29.8 Å². The summed E-state index contributed by atoms with van der Waals surface area (Å²) in [6.45, 7) is 2.03. The van der Waals surface area contributed by atoms with E-state index in [2.05, 4.69) is 20.8 Å². The molecular weight excluding hydrogens is 362 g/mol. The lowest BCUT2D eigenvalue weighted by Crippen LogP contribution is -2.45. The summed E-state index contributed by atoms with van der Waals surface area (Å²) in [6, 6.07) is 7.80. The van der Waals surface area contributed by atoms with Gasteiger partial charge in [0, 0.05) is 18.7 Å². The van der Waals surface area contributed by atoms with E-state index in [1.165, 1.54) is 23.7 Å². The maximum atomic E-state index is 12.0. The Bertz CT molecular complexity index is 797. The third kappa shape index (κ3) is 5.32. The lowest BCUT2D eigenvalue weighted by molar-refractivity contribution is -0.117. The summed E-state index contributed by atoms with van der Waals surface area (Å²) in [5.41, 5.74) is 2.15. The molecule has 0 spiro atoms. The Morgan fingerprint density at radius 2 is 1.85 bits per heavy atom. The number of amides is 3. The summed E-state index contributed by atoms with van der Waals surface area (Å²) in [4.78, 5) is 24.0. The van der Waals surface area contributed by atoms with Gasteiger partial charge in [-0.15, -0.1) is 10.2 Å². The molecule has 0 aliphatic heterocycles. The molecule has 1 fully saturated rings. The quantitative estimate of drug-likeness (QED) is 0.770. The van der Waals surface area contributed by atoms with Gasteiger partial charge in [0.15, 0.2) is 11.0 Å². The second-order valence-corrected chi connectivity index (χ2v) is 7.82. The highest BCUT2D eigenvalue weighted by atomic mass is 32.2. The second kappa shape index (κ2) is 9.03.